The molecule has 0 atom stereocenters. The molecule has 8 heteroatoms. The molecule has 0 saturated carbocycles. The van der Waals surface area contributed by atoms with Crippen LogP contribution in [0.4, 0.5) is 5.82 Å². The molecule has 0 bridgehead atoms. The lowest BCUT2D eigenvalue weighted by atomic mass is 10.0. The van der Waals surface area contributed by atoms with Crippen molar-refractivity contribution >= 4 is 51.7 Å². The molecule has 0 saturated heterocycles. The van der Waals surface area contributed by atoms with Gasteiger partial charge in [0.2, 0.25) is 0 Å². The van der Waals surface area contributed by atoms with Gasteiger partial charge < -0.3 is 10.3 Å². The summed E-state index contributed by atoms with van der Waals surface area (Å²) >= 11 is 12.5. The molecule has 2 heterocycles. The Balaban J connectivity index is 1.63. The van der Waals surface area contributed by atoms with Gasteiger partial charge in [-0.1, -0.05) is 65.7 Å². The molecule has 36 heavy (non-hydrogen) atoms. The Hall–Kier alpha value is -4.49. The molecule has 0 amide bonds. The van der Waals surface area contributed by atoms with Crippen molar-refractivity contribution in [2.45, 2.75) is 6.42 Å². The minimum absolute atomic E-state index is 0.149. The smallest absolute Gasteiger partial charge is 0.145 e. The van der Waals surface area contributed by atoms with Gasteiger partial charge in [0.25, 0.3) is 0 Å². The Morgan fingerprint density at radius 3 is 2.44 bits per heavy atom. The van der Waals surface area contributed by atoms with E-state index in [1.165, 1.54) is 4.68 Å². The van der Waals surface area contributed by atoms with E-state index in [-0.39, 0.29) is 22.6 Å². The van der Waals surface area contributed by atoms with Crippen LogP contribution < -0.4 is 5.73 Å². The van der Waals surface area contributed by atoms with Crippen LogP contribution in [0.25, 0.3) is 28.4 Å². The zero-order valence-electron chi connectivity index (χ0n) is 18.9. The fourth-order valence-corrected chi connectivity index (χ4v) is 4.65. The van der Waals surface area contributed by atoms with E-state index in [1.807, 2.05) is 77.5 Å². The van der Waals surface area contributed by atoms with Gasteiger partial charge in [0.1, 0.15) is 29.2 Å². The molecular formula is C28H18Cl2N6. The van der Waals surface area contributed by atoms with Crippen LogP contribution in [-0.2, 0) is 6.42 Å². The Bertz CT molecular complexity index is 1720. The number of halogens is 2. The molecular weight excluding hydrogens is 491 g/mol. The summed E-state index contributed by atoms with van der Waals surface area (Å²) in [6.07, 6.45) is 4.21. The van der Waals surface area contributed by atoms with Crippen molar-refractivity contribution in [3.05, 3.63) is 111 Å². The number of nitriles is 2. The summed E-state index contributed by atoms with van der Waals surface area (Å²) < 4.78 is 3.34. The van der Waals surface area contributed by atoms with Crippen LogP contribution in [0.15, 0.2) is 79.0 Å². The monoisotopic (exact) mass is 508 g/mol. The summed E-state index contributed by atoms with van der Waals surface area (Å²) in [6, 6.07) is 26.9. The summed E-state index contributed by atoms with van der Waals surface area (Å²) in [5, 5.41) is 26.6. The van der Waals surface area contributed by atoms with Crippen molar-refractivity contribution in [1.29, 1.82) is 10.5 Å². The number of allylic oxidation sites excluding steroid dienone is 1. The highest BCUT2D eigenvalue weighted by Crippen LogP contribution is 2.30. The second-order valence-electron chi connectivity index (χ2n) is 8.11. The third kappa shape index (κ3) is 4.21. The number of rotatable bonds is 5. The number of fused-ring (bicyclic) bond motifs is 1. The predicted molar refractivity (Wildman–Crippen MR) is 144 cm³/mol. The minimum Gasteiger partial charge on any atom is -0.382 e. The van der Waals surface area contributed by atoms with E-state index in [2.05, 4.69) is 17.2 Å². The van der Waals surface area contributed by atoms with E-state index >= 15 is 0 Å². The number of anilines is 1. The summed E-state index contributed by atoms with van der Waals surface area (Å²) in [7, 11) is 0. The Labute approximate surface area is 217 Å². The molecule has 5 rings (SSSR count). The van der Waals surface area contributed by atoms with Crippen molar-refractivity contribution in [1.82, 2.24) is 14.3 Å². The predicted octanol–water partition coefficient (Wildman–Crippen LogP) is 6.70. The van der Waals surface area contributed by atoms with E-state index in [0.29, 0.717) is 22.2 Å². The van der Waals surface area contributed by atoms with Gasteiger partial charge >= 0.3 is 0 Å². The fourth-order valence-electron chi connectivity index (χ4n) is 4.17. The number of aromatic nitrogens is 3. The van der Waals surface area contributed by atoms with Crippen LogP contribution in [0.3, 0.4) is 0 Å². The number of para-hydroxylation sites is 2. The highest BCUT2D eigenvalue weighted by atomic mass is 35.5. The normalized spacial score (nSPS) is 11.4. The van der Waals surface area contributed by atoms with Crippen LogP contribution >= 0.6 is 23.2 Å². The molecule has 2 N–H and O–H groups in total. The van der Waals surface area contributed by atoms with Crippen molar-refractivity contribution in [2.75, 3.05) is 5.73 Å². The summed E-state index contributed by atoms with van der Waals surface area (Å²) in [4.78, 5) is 0. The maximum absolute atomic E-state index is 10.0. The molecule has 0 radical (unpaired) electrons. The van der Waals surface area contributed by atoms with Gasteiger partial charge in [-0.25, -0.2) is 4.68 Å². The molecule has 0 aliphatic rings. The second-order valence-corrected chi connectivity index (χ2v) is 8.96. The van der Waals surface area contributed by atoms with Crippen molar-refractivity contribution < 1.29 is 0 Å². The van der Waals surface area contributed by atoms with Crippen molar-refractivity contribution in [3.63, 3.8) is 0 Å². The lowest BCUT2D eigenvalue weighted by Gasteiger charge is -2.04. The SMILES string of the molecule is N#C/C(=C\n1cc(Cc2ccc(Cl)cc2Cl)c2ccccc21)c1nn(-c2ccccc2)c(N)c1C#N. The van der Waals surface area contributed by atoms with Gasteiger partial charge in [-0.05, 0) is 41.5 Å². The Kier molecular flexibility index (Phi) is 6.23. The fraction of sp³-hybridized carbons (Fsp3) is 0.0357. The number of nitrogens with two attached hydrogens (primary N) is 1. The molecule has 0 aliphatic heterocycles. The number of hydrogen-bond acceptors (Lipinski definition) is 4. The quantitative estimate of drug-likeness (QED) is 0.267. The summed E-state index contributed by atoms with van der Waals surface area (Å²) in [5.41, 5.74) is 10.4. The zero-order chi connectivity index (χ0) is 25.2. The van der Waals surface area contributed by atoms with Crippen LogP contribution in [0, 0.1) is 22.7 Å². The van der Waals surface area contributed by atoms with Crippen LogP contribution in [0.1, 0.15) is 22.4 Å². The Morgan fingerprint density at radius 2 is 1.72 bits per heavy atom. The molecule has 6 nitrogen and oxygen atoms in total. The average Bonchev–Trinajstić information content (AvgIpc) is 3.41. The second kappa shape index (κ2) is 9.64. The molecule has 5 aromatic rings. The Morgan fingerprint density at radius 1 is 0.972 bits per heavy atom. The largest absolute Gasteiger partial charge is 0.382 e. The lowest BCUT2D eigenvalue weighted by Crippen LogP contribution is -2.02. The number of nitrogens with zero attached hydrogens (tertiary/aromatic N) is 5. The van der Waals surface area contributed by atoms with Gasteiger partial charge in [-0.2, -0.15) is 15.6 Å². The molecule has 0 unspecified atom stereocenters. The van der Waals surface area contributed by atoms with E-state index in [4.69, 9.17) is 28.9 Å². The van der Waals surface area contributed by atoms with Crippen molar-refractivity contribution in [2.24, 2.45) is 0 Å². The molecule has 0 aliphatic carbocycles. The first-order valence-corrected chi connectivity index (χ1v) is 11.7. The first kappa shape index (κ1) is 23.3. The summed E-state index contributed by atoms with van der Waals surface area (Å²) in [6.45, 7) is 0. The highest BCUT2D eigenvalue weighted by molar-refractivity contribution is 6.35. The molecule has 174 valence electrons. The lowest BCUT2D eigenvalue weighted by molar-refractivity contribution is 0.884. The third-order valence-corrected chi connectivity index (χ3v) is 6.48. The van der Waals surface area contributed by atoms with E-state index in [0.717, 1.165) is 22.0 Å². The highest BCUT2D eigenvalue weighted by Gasteiger charge is 2.20. The van der Waals surface area contributed by atoms with Crippen molar-refractivity contribution in [3.8, 4) is 17.8 Å². The van der Waals surface area contributed by atoms with Gasteiger partial charge in [0, 0.05) is 34.2 Å². The first-order chi connectivity index (χ1) is 17.5. The third-order valence-electron chi connectivity index (χ3n) is 5.90. The van der Waals surface area contributed by atoms with E-state index < -0.39 is 0 Å². The molecule has 3 aromatic carbocycles. The summed E-state index contributed by atoms with van der Waals surface area (Å²) in [5.74, 6) is 0.176. The number of hydrogen-bond donors (Lipinski definition) is 1. The topological polar surface area (TPSA) is 96.3 Å². The maximum atomic E-state index is 10.0. The van der Waals surface area contributed by atoms with Crippen LogP contribution in [0.5, 0.6) is 0 Å². The average molecular weight is 509 g/mol. The molecule has 0 spiro atoms. The van der Waals surface area contributed by atoms with Gasteiger partial charge in [-0.3, -0.25) is 0 Å². The standard InChI is InChI=1S/C28H18Cl2N6/c29-21-11-10-18(25(30)13-21)12-19-16-35(26-9-5-4-8-23(19)26)17-20(14-31)27-24(15-32)28(33)36(34-27)22-6-2-1-3-7-22/h1-11,13,16-17H,12,33H2/b20-17+. The number of nitrogen functional groups attached to an aromatic ring is 1. The van der Waals surface area contributed by atoms with Gasteiger partial charge in [0.05, 0.1) is 16.8 Å². The van der Waals surface area contributed by atoms with Crippen LogP contribution in [-0.4, -0.2) is 14.3 Å². The van der Waals surface area contributed by atoms with E-state index in [9.17, 15) is 10.5 Å². The van der Waals surface area contributed by atoms with E-state index in [1.54, 1.807) is 12.3 Å². The van der Waals surface area contributed by atoms with Gasteiger partial charge in [-0.15, -0.1) is 0 Å². The number of benzene rings is 3. The minimum atomic E-state index is 0.149. The zero-order valence-corrected chi connectivity index (χ0v) is 20.4. The maximum Gasteiger partial charge on any atom is 0.145 e. The molecule has 0 fully saturated rings. The van der Waals surface area contributed by atoms with Crippen LogP contribution in [0.2, 0.25) is 10.0 Å². The first-order valence-electron chi connectivity index (χ1n) is 11.0. The van der Waals surface area contributed by atoms with Gasteiger partial charge in [0.15, 0.2) is 0 Å². The molecule has 2 aromatic heterocycles.